The van der Waals surface area contributed by atoms with Crippen LogP contribution in [0.15, 0.2) is 59.1 Å². The molecule has 0 heterocycles. The molecular weight excluding hydrogens is 316 g/mol. The summed E-state index contributed by atoms with van der Waals surface area (Å²) in [5, 5.41) is 5.70. The third-order valence-electron chi connectivity index (χ3n) is 2.88. The van der Waals surface area contributed by atoms with Crippen LogP contribution in [0.2, 0.25) is 0 Å². The summed E-state index contributed by atoms with van der Waals surface area (Å²) in [6, 6.07) is 17.9. The molecule has 0 atom stereocenters. The van der Waals surface area contributed by atoms with Crippen LogP contribution < -0.4 is 10.6 Å². The molecule has 0 aliphatic carbocycles. The van der Waals surface area contributed by atoms with Gasteiger partial charge < -0.3 is 10.6 Å². The van der Waals surface area contributed by atoms with Crippen LogP contribution in [0.1, 0.15) is 11.1 Å². The third-order valence-corrected chi connectivity index (χ3v) is 3.38. The molecule has 104 valence electrons. The van der Waals surface area contributed by atoms with E-state index < -0.39 is 0 Å². The zero-order valence-electron chi connectivity index (χ0n) is 11.1. The predicted molar refractivity (Wildman–Crippen MR) is 84.5 cm³/mol. The maximum absolute atomic E-state index is 11.7. The summed E-state index contributed by atoms with van der Waals surface area (Å²) in [4.78, 5) is 11.7. The summed E-state index contributed by atoms with van der Waals surface area (Å²) < 4.78 is 1.02. The average Bonchev–Trinajstić information content (AvgIpc) is 2.46. The van der Waals surface area contributed by atoms with E-state index in [-0.39, 0.29) is 6.03 Å². The van der Waals surface area contributed by atoms with Crippen molar-refractivity contribution in [2.75, 3.05) is 6.54 Å². The van der Waals surface area contributed by atoms with Gasteiger partial charge in [0.05, 0.1) is 0 Å². The van der Waals surface area contributed by atoms with Gasteiger partial charge in [0.25, 0.3) is 0 Å². The smallest absolute Gasteiger partial charge is 0.315 e. The van der Waals surface area contributed by atoms with E-state index in [2.05, 4.69) is 38.7 Å². The first-order chi connectivity index (χ1) is 9.74. The SMILES string of the molecule is O=C(NCCc1ccccc1)NCc1cccc(Br)c1. The molecule has 4 heteroatoms. The molecule has 2 aromatic carbocycles. The molecule has 2 rings (SSSR count). The Balaban J connectivity index is 1.68. The van der Waals surface area contributed by atoms with Crippen LogP contribution in [0, 0.1) is 0 Å². The molecule has 2 N–H and O–H groups in total. The highest BCUT2D eigenvalue weighted by molar-refractivity contribution is 9.10. The first kappa shape index (κ1) is 14.6. The fourth-order valence-corrected chi connectivity index (χ4v) is 2.30. The summed E-state index contributed by atoms with van der Waals surface area (Å²) >= 11 is 3.41. The topological polar surface area (TPSA) is 41.1 Å². The zero-order valence-corrected chi connectivity index (χ0v) is 12.7. The monoisotopic (exact) mass is 332 g/mol. The molecule has 0 aliphatic heterocycles. The highest BCUT2D eigenvalue weighted by atomic mass is 79.9. The van der Waals surface area contributed by atoms with E-state index in [9.17, 15) is 4.79 Å². The van der Waals surface area contributed by atoms with Crippen LogP contribution in [0.5, 0.6) is 0 Å². The zero-order chi connectivity index (χ0) is 14.2. The van der Waals surface area contributed by atoms with Gasteiger partial charge >= 0.3 is 6.03 Å². The van der Waals surface area contributed by atoms with Crippen molar-refractivity contribution in [3.05, 3.63) is 70.2 Å². The largest absolute Gasteiger partial charge is 0.338 e. The van der Waals surface area contributed by atoms with Gasteiger partial charge in [-0.25, -0.2) is 4.79 Å². The summed E-state index contributed by atoms with van der Waals surface area (Å²) in [5.41, 5.74) is 2.29. The molecule has 0 radical (unpaired) electrons. The Labute approximate surface area is 127 Å². The second kappa shape index (κ2) is 7.70. The lowest BCUT2D eigenvalue weighted by molar-refractivity contribution is 0.240. The Morgan fingerprint density at radius 1 is 0.950 bits per heavy atom. The third kappa shape index (κ3) is 5.05. The van der Waals surface area contributed by atoms with E-state index in [1.54, 1.807) is 0 Å². The fourth-order valence-electron chi connectivity index (χ4n) is 1.86. The molecule has 20 heavy (non-hydrogen) atoms. The van der Waals surface area contributed by atoms with Crippen molar-refractivity contribution in [3.63, 3.8) is 0 Å². The summed E-state index contributed by atoms with van der Waals surface area (Å²) in [6.07, 6.45) is 0.838. The quantitative estimate of drug-likeness (QED) is 0.864. The molecule has 0 saturated carbocycles. The highest BCUT2D eigenvalue weighted by Crippen LogP contribution is 2.11. The minimum atomic E-state index is -0.138. The summed E-state index contributed by atoms with van der Waals surface area (Å²) in [6.45, 7) is 1.16. The van der Waals surface area contributed by atoms with Gasteiger partial charge in [-0.15, -0.1) is 0 Å². The first-order valence-electron chi connectivity index (χ1n) is 6.54. The van der Waals surface area contributed by atoms with Gasteiger partial charge in [-0.1, -0.05) is 58.4 Å². The van der Waals surface area contributed by atoms with E-state index in [0.29, 0.717) is 13.1 Å². The molecule has 0 aromatic heterocycles. The van der Waals surface area contributed by atoms with Gasteiger partial charge in [0.1, 0.15) is 0 Å². The minimum Gasteiger partial charge on any atom is -0.338 e. The van der Waals surface area contributed by atoms with Crippen LogP contribution in [-0.4, -0.2) is 12.6 Å². The number of hydrogen-bond acceptors (Lipinski definition) is 1. The van der Waals surface area contributed by atoms with Crippen LogP contribution in [-0.2, 0) is 13.0 Å². The molecule has 0 unspecified atom stereocenters. The number of hydrogen-bond donors (Lipinski definition) is 2. The van der Waals surface area contributed by atoms with Crippen molar-refractivity contribution >= 4 is 22.0 Å². The number of halogens is 1. The number of rotatable bonds is 5. The number of urea groups is 1. The second-order valence-electron chi connectivity index (χ2n) is 4.47. The molecule has 0 fully saturated rings. The van der Waals surface area contributed by atoms with Crippen molar-refractivity contribution in [2.45, 2.75) is 13.0 Å². The Hall–Kier alpha value is -1.81. The first-order valence-corrected chi connectivity index (χ1v) is 7.33. The van der Waals surface area contributed by atoms with E-state index in [0.717, 1.165) is 16.5 Å². The minimum absolute atomic E-state index is 0.138. The van der Waals surface area contributed by atoms with Gasteiger partial charge in [0.2, 0.25) is 0 Å². The van der Waals surface area contributed by atoms with Crippen LogP contribution in [0.25, 0.3) is 0 Å². The summed E-state index contributed by atoms with van der Waals surface area (Å²) in [5.74, 6) is 0. The molecule has 2 amide bonds. The number of carbonyl (C=O) groups excluding carboxylic acids is 1. The van der Waals surface area contributed by atoms with Gasteiger partial charge in [0, 0.05) is 17.6 Å². The van der Waals surface area contributed by atoms with Crippen molar-refractivity contribution in [1.82, 2.24) is 10.6 Å². The Bertz CT molecular complexity index is 557. The van der Waals surface area contributed by atoms with Gasteiger partial charge in [0.15, 0.2) is 0 Å². The Kier molecular flexibility index (Phi) is 5.62. The average molecular weight is 333 g/mol. The maximum atomic E-state index is 11.7. The lowest BCUT2D eigenvalue weighted by atomic mass is 10.1. The molecule has 0 bridgehead atoms. The maximum Gasteiger partial charge on any atom is 0.315 e. The second-order valence-corrected chi connectivity index (χ2v) is 5.39. The normalized spacial score (nSPS) is 10.1. The number of nitrogens with one attached hydrogen (secondary N) is 2. The van der Waals surface area contributed by atoms with Crippen molar-refractivity contribution in [1.29, 1.82) is 0 Å². The molecule has 2 aromatic rings. The van der Waals surface area contributed by atoms with Gasteiger partial charge in [-0.05, 0) is 29.7 Å². The van der Waals surface area contributed by atoms with Crippen molar-refractivity contribution in [2.24, 2.45) is 0 Å². The van der Waals surface area contributed by atoms with E-state index in [1.165, 1.54) is 5.56 Å². The highest BCUT2D eigenvalue weighted by Gasteiger charge is 2.00. The van der Waals surface area contributed by atoms with Crippen LogP contribution in [0.3, 0.4) is 0 Å². The van der Waals surface area contributed by atoms with E-state index >= 15 is 0 Å². The van der Waals surface area contributed by atoms with Gasteiger partial charge in [-0.2, -0.15) is 0 Å². The van der Waals surface area contributed by atoms with Crippen molar-refractivity contribution in [3.8, 4) is 0 Å². The van der Waals surface area contributed by atoms with Crippen molar-refractivity contribution < 1.29 is 4.79 Å². The fraction of sp³-hybridized carbons (Fsp3) is 0.188. The van der Waals surface area contributed by atoms with Gasteiger partial charge in [-0.3, -0.25) is 0 Å². The molecule has 0 spiro atoms. The Morgan fingerprint density at radius 3 is 2.45 bits per heavy atom. The van der Waals surface area contributed by atoms with E-state index in [4.69, 9.17) is 0 Å². The molecule has 0 saturated heterocycles. The van der Waals surface area contributed by atoms with Crippen LogP contribution >= 0.6 is 15.9 Å². The molecular formula is C16H17BrN2O. The lowest BCUT2D eigenvalue weighted by Gasteiger charge is -2.08. The van der Waals surface area contributed by atoms with E-state index in [1.807, 2.05) is 42.5 Å². The number of carbonyl (C=O) groups is 1. The number of benzene rings is 2. The lowest BCUT2D eigenvalue weighted by Crippen LogP contribution is -2.36. The molecule has 0 aliphatic rings. The van der Waals surface area contributed by atoms with Crippen LogP contribution in [0.4, 0.5) is 4.79 Å². The number of amides is 2. The predicted octanol–water partition coefficient (Wildman–Crippen LogP) is 3.49. The molecule has 3 nitrogen and oxygen atoms in total. The standard InChI is InChI=1S/C16H17BrN2O/c17-15-8-4-7-14(11-15)12-19-16(20)18-10-9-13-5-2-1-3-6-13/h1-8,11H,9-10,12H2,(H2,18,19,20). The Morgan fingerprint density at radius 2 is 1.70 bits per heavy atom. The summed E-state index contributed by atoms with van der Waals surface area (Å²) in [7, 11) is 0.